The Kier molecular flexibility index (Phi) is 6.51. The van der Waals surface area contributed by atoms with E-state index in [1.807, 2.05) is 48.5 Å². The summed E-state index contributed by atoms with van der Waals surface area (Å²) in [5, 5.41) is 1.80. The molecule has 0 amide bonds. The molecule has 3 aromatic carbocycles. The van der Waals surface area contributed by atoms with Gasteiger partial charge < -0.3 is 24.0 Å². The number of rotatable bonds is 6. The minimum atomic E-state index is 0.537. The maximum atomic E-state index is 6.44. The number of aromatic nitrogens is 2. The summed E-state index contributed by atoms with van der Waals surface area (Å²) >= 11 is 6.44. The van der Waals surface area contributed by atoms with Crippen molar-refractivity contribution in [2.24, 2.45) is 0 Å². The smallest absolute Gasteiger partial charge is 0.203 e. The maximum absolute atomic E-state index is 6.44. The average Bonchev–Trinajstić information content (AvgIpc) is 2.92. The summed E-state index contributed by atoms with van der Waals surface area (Å²) in [6.07, 6.45) is 0. The van der Waals surface area contributed by atoms with Crippen molar-refractivity contribution < 1.29 is 14.2 Å². The van der Waals surface area contributed by atoms with Crippen LogP contribution in [0.4, 0.5) is 11.5 Å². The van der Waals surface area contributed by atoms with Gasteiger partial charge in [-0.1, -0.05) is 35.9 Å². The largest absolute Gasteiger partial charge is 0.493 e. The molecule has 0 unspecified atom stereocenters. The van der Waals surface area contributed by atoms with Gasteiger partial charge in [0.1, 0.15) is 5.82 Å². The van der Waals surface area contributed by atoms with Gasteiger partial charge in [-0.25, -0.2) is 9.97 Å². The Morgan fingerprint density at radius 1 is 0.743 bits per heavy atom. The molecular formula is C27H27ClN4O3. The minimum Gasteiger partial charge on any atom is -0.493 e. The highest BCUT2D eigenvalue weighted by molar-refractivity contribution is 6.33. The molecule has 0 spiro atoms. The molecule has 0 radical (unpaired) electrons. The van der Waals surface area contributed by atoms with Crippen LogP contribution >= 0.6 is 11.6 Å². The van der Waals surface area contributed by atoms with E-state index in [0.717, 1.165) is 59.2 Å². The first-order chi connectivity index (χ1) is 17.1. The van der Waals surface area contributed by atoms with Crippen LogP contribution in [0, 0.1) is 0 Å². The summed E-state index contributed by atoms with van der Waals surface area (Å²) in [4.78, 5) is 14.5. The molecular weight excluding hydrogens is 464 g/mol. The van der Waals surface area contributed by atoms with Crippen molar-refractivity contribution in [1.29, 1.82) is 0 Å². The Morgan fingerprint density at radius 2 is 1.37 bits per heavy atom. The van der Waals surface area contributed by atoms with Crippen molar-refractivity contribution in [2.75, 3.05) is 57.3 Å². The summed E-state index contributed by atoms with van der Waals surface area (Å²) in [6.45, 7) is 3.34. The van der Waals surface area contributed by atoms with Crippen LogP contribution in [0.25, 0.3) is 22.3 Å². The fourth-order valence-corrected chi connectivity index (χ4v) is 4.76. The lowest BCUT2D eigenvalue weighted by atomic mass is 10.1. The molecule has 0 aliphatic carbocycles. The van der Waals surface area contributed by atoms with E-state index >= 15 is 0 Å². The zero-order valence-corrected chi connectivity index (χ0v) is 20.7. The topological polar surface area (TPSA) is 60.0 Å². The van der Waals surface area contributed by atoms with Crippen LogP contribution in [0.3, 0.4) is 0 Å². The third-order valence-corrected chi connectivity index (χ3v) is 6.60. The van der Waals surface area contributed by atoms with Crippen molar-refractivity contribution in [3.63, 3.8) is 0 Å². The summed E-state index contributed by atoms with van der Waals surface area (Å²) in [5.41, 5.74) is 2.75. The number of nitrogens with zero attached hydrogens (tertiary/aromatic N) is 4. The van der Waals surface area contributed by atoms with Crippen LogP contribution in [0.15, 0.2) is 60.7 Å². The summed E-state index contributed by atoms with van der Waals surface area (Å²) < 4.78 is 16.6. The monoisotopic (exact) mass is 490 g/mol. The van der Waals surface area contributed by atoms with E-state index in [0.29, 0.717) is 23.1 Å². The van der Waals surface area contributed by atoms with Crippen molar-refractivity contribution in [1.82, 2.24) is 9.97 Å². The van der Waals surface area contributed by atoms with E-state index in [1.165, 1.54) is 0 Å². The maximum Gasteiger partial charge on any atom is 0.203 e. The van der Waals surface area contributed by atoms with Crippen LogP contribution in [0.5, 0.6) is 17.2 Å². The average molecular weight is 491 g/mol. The first-order valence-corrected chi connectivity index (χ1v) is 11.8. The number of piperazine rings is 1. The Bertz CT molecular complexity index is 1330. The van der Waals surface area contributed by atoms with Gasteiger partial charge >= 0.3 is 0 Å². The third kappa shape index (κ3) is 4.39. The normalized spacial score (nSPS) is 13.7. The fourth-order valence-electron chi connectivity index (χ4n) is 4.51. The van der Waals surface area contributed by atoms with Crippen molar-refractivity contribution in [2.45, 2.75) is 0 Å². The molecule has 8 heteroatoms. The van der Waals surface area contributed by atoms with Gasteiger partial charge in [0.25, 0.3) is 0 Å². The first kappa shape index (κ1) is 23.1. The van der Waals surface area contributed by atoms with Gasteiger partial charge in [-0.05, 0) is 36.4 Å². The number of halogens is 1. The van der Waals surface area contributed by atoms with Gasteiger partial charge in [-0.15, -0.1) is 0 Å². The molecule has 5 rings (SSSR count). The molecule has 1 aliphatic rings. The molecule has 1 saturated heterocycles. The predicted molar refractivity (Wildman–Crippen MR) is 141 cm³/mol. The molecule has 180 valence electrons. The van der Waals surface area contributed by atoms with Crippen LogP contribution < -0.4 is 24.0 Å². The van der Waals surface area contributed by atoms with E-state index in [1.54, 1.807) is 21.3 Å². The standard InChI is InChI=1S/C27H27ClN4O3/c1-33-23-16-18(17-24(34-2)25(23)35-3)26-29-21-10-6-4-8-19(21)27(30-26)32-14-12-31(13-15-32)22-11-7-5-9-20(22)28/h4-11,16-17H,12-15H2,1-3H3. The Labute approximate surface area is 209 Å². The number of benzene rings is 3. The Balaban J connectivity index is 1.53. The van der Waals surface area contributed by atoms with Crippen LogP contribution in [-0.2, 0) is 0 Å². The number of anilines is 2. The molecule has 2 heterocycles. The van der Waals surface area contributed by atoms with E-state index in [2.05, 4.69) is 21.9 Å². The number of methoxy groups -OCH3 is 3. The third-order valence-electron chi connectivity index (χ3n) is 6.28. The lowest BCUT2D eigenvalue weighted by Crippen LogP contribution is -2.47. The summed E-state index contributed by atoms with van der Waals surface area (Å²) in [7, 11) is 4.80. The van der Waals surface area contributed by atoms with E-state index in [-0.39, 0.29) is 0 Å². The van der Waals surface area contributed by atoms with Crippen molar-refractivity contribution in [3.8, 4) is 28.6 Å². The Hall–Kier alpha value is -3.71. The molecule has 1 aliphatic heterocycles. The second-order valence-corrected chi connectivity index (χ2v) is 8.63. The first-order valence-electron chi connectivity index (χ1n) is 11.4. The van der Waals surface area contributed by atoms with Crippen molar-refractivity contribution >= 4 is 34.0 Å². The molecule has 0 bridgehead atoms. The van der Waals surface area contributed by atoms with E-state index in [4.69, 9.17) is 35.8 Å². The lowest BCUT2D eigenvalue weighted by molar-refractivity contribution is 0.324. The molecule has 0 N–H and O–H groups in total. The SMILES string of the molecule is COc1cc(-c2nc(N3CCN(c4ccccc4Cl)CC3)c3ccccc3n2)cc(OC)c1OC. The van der Waals surface area contributed by atoms with E-state index < -0.39 is 0 Å². The molecule has 1 aromatic heterocycles. The van der Waals surface area contributed by atoms with Gasteiger partial charge in [0, 0.05) is 37.1 Å². The number of fused-ring (bicyclic) bond motifs is 1. The summed E-state index contributed by atoms with van der Waals surface area (Å²) in [6, 6.07) is 19.9. The van der Waals surface area contributed by atoms with Gasteiger partial charge in [-0.2, -0.15) is 0 Å². The number of hydrogen-bond acceptors (Lipinski definition) is 7. The van der Waals surface area contributed by atoms with Crippen LogP contribution in [-0.4, -0.2) is 57.5 Å². The van der Waals surface area contributed by atoms with Crippen molar-refractivity contribution in [3.05, 3.63) is 65.7 Å². The number of para-hydroxylation sites is 2. The number of ether oxygens (including phenoxy) is 3. The fraction of sp³-hybridized carbons (Fsp3) is 0.259. The van der Waals surface area contributed by atoms with Gasteiger partial charge in [0.2, 0.25) is 5.75 Å². The molecule has 0 atom stereocenters. The molecule has 4 aromatic rings. The van der Waals surface area contributed by atoms with Gasteiger partial charge in [0.15, 0.2) is 17.3 Å². The number of hydrogen-bond donors (Lipinski definition) is 0. The quantitative estimate of drug-likeness (QED) is 0.363. The molecule has 7 nitrogen and oxygen atoms in total. The van der Waals surface area contributed by atoms with Gasteiger partial charge in [-0.3, -0.25) is 0 Å². The highest BCUT2D eigenvalue weighted by Gasteiger charge is 2.23. The zero-order chi connectivity index (χ0) is 24.4. The highest BCUT2D eigenvalue weighted by atomic mass is 35.5. The second-order valence-electron chi connectivity index (χ2n) is 8.23. The van der Waals surface area contributed by atoms with Gasteiger partial charge in [0.05, 0.1) is 37.6 Å². The Morgan fingerprint density at radius 3 is 2.03 bits per heavy atom. The predicted octanol–water partition coefficient (Wildman–Crippen LogP) is 5.30. The lowest BCUT2D eigenvalue weighted by Gasteiger charge is -2.37. The minimum absolute atomic E-state index is 0.537. The second kappa shape index (κ2) is 9.88. The summed E-state index contributed by atoms with van der Waals surface area (Å²) in [5.74, 6) is 3.18. The molecule has 1 fully saturated rings. The van der Waals surface area contributed by atoms with Crippen LogP contribution in [0.1, 0.15) is 0 Å². The zero-order valence-electron chi connectivity index (χ0n) is 20.0. The van der Waals surface area contributed by atoms with E-state index in [9.17, 15) is 0 Å². The molecule has 0 saturated carbocycles. The highest BCUT2D eigenvalue weighted by Crippen LogP contribution is 2.41. The van der Waals surface area contributed by atoms with Crippen LogP contribution in [0.2, 0.25) is 5.02 Å². The molecule has 35 heavy (non-hydrogen) atoms.